The summed E-state index contributed by atoms with van der Waals surface area (Å²) in [4.78, 5) is 10.9. The lowest BCUT2D eigenvalue weighted by Crippen LogP contribution is -2.50. The number of hydrogen-bond donors (Lipinski definition) is 1. The lowest BCUT2D eigenvalue weighted by atomic mass is 10.1. The molecule has 1 unspecified atom stereocenters. The number of nitrogens with one attached hydrogen (secondary N) is 1. The molecule has 19 heavy (non-hydrogen) atoms. The van der Waals surface area contributed by atoms with E-state index in [4.69, 9.17) is 0 Å². The zero-order chi connectivity index (χ0) is 14.8. The number of carbonyl (C=O) groups is 1. The average Bonchev–Trinajstić information content (AvgIpc) is 2.27. The van der Waals surface area contributed by atoms with E-state index < -0.39 is 29.9 Å². The van der Waals surface area contributed by atoms with Crippen LogP contribution >= 0.6 is 0 Å². The van der Waals surface area contributed by atoms with Gasteiger partial charge in [0.05, 0.1) is 6.04 Å². The third-order valence-corrected chi connectivity index (χ3v) is 2.36. The SMILES string of the molecule is CC(NC(=O)C(F)(F)C(F)(F)F)c1ccccc1F. The molecule has 8 heteroatoms. The Bertz CT molecular complexity index is 470. The van der Waals surface area contributed by atoms with Crippen LogP contribution in [0.25, 0.3) is 0 Å². The fourth-order valence-corrected chi connectivity index (χ4v) is 1.32. The van der Waals surface area contributed by atoms with E-state index in [9.17, 15) is 31.1 Å². The zero-order valence-corrected chi connectivity index (χ0v) is 9.56. The van der Waals surface area contributed by atoms with Gasteiger partial charge in [0.2, 0.25) is 0 Å². The molecule has 1 amide bonds. The predicted molar refractivity (Wildman–Crippen MR) is 54.0 cm³/mol. The fourth-order valence-electron chi connectivity index (χ4n) is 1.32. The molecule has 1 atom stereocenters. The van der Waals surface area contributed by atoms with Crippen molar-refractivity contribution in [3.8, 4) is 0 Å². The molecule has 106 valence electrons. The molecule has 0 fully saturated rings. The van der Waals surface area contributed by atoms with Crippen molar-refractivity contribution in [3.05, 3.63) is 35.6 Å². The van der Waals surface area contributed by atoms with E-state index in [0.29, 0.717) is 0 Å². The maximum Gasteiger partial charge on any atom is 0.463 e. The Morgan fingerprint density at radius 3 is 2.16 bits per heavy atom. The van der Waals surface area contributed by atoms with Gasteiger partial charge in [-0.3, -0.25) is 4.79 Å². The van der Waals surface area contributed by atoms with Crippen LogP contribution in [0.1, 0.15) is 18.5 Å². The van der Waals surface area contributed by atoms with E-state index in [0.717, 1.165) is 13.0 Å². The topological polar surface area (TPSA) is 29.1 Å². The molecule has 0 aliphatic rings. The Hall–Kier alpha value is -1.73. The Morgan fingerprint density at radius 1 is 1.16 bits per heavy atom. The minimum atomic E-state index is -5.99. The molecule has 0 bridgehead atoms. The van der Waals surface area contributed by atoms with Crippen LogP contribution in [-0.2, 0) is 4.79 Å². The summed E-state index contributed by atoms with van der Waals surface area (Å²) in [6.45, 7) is 1.10. The first-order valence-electron chi connectivity index (χ1n) is 5.07. The van der Waals surface area contributed by atoms with Crippen LogP contribution < -0.4 is 5.32 Å². The summed E-state index contributed by atoms with van der Waals surface area (Å²) >= 11 is 0. The third kappa shape index (κ3) is 3.18. The summed E-state index contributed by atoms with van der Waals surface area (Å²) in [7, 11) is 0. The maximum absolute atomic E-state index is 13.3. The first-order chi connectivity index (χ1) is 8.57. The minimum Gasteiger partial charge on any atom is -0.344 e. The van der Waals surface area contributed by atoms with Crippen LogP contribution in [0, 0.1) is 5.82 Å². The number of carbonyl (C=O) groups excluding carboxylic acids is 1. The number of amides is 1. The lowest BCUT2D eigenvalue weighted by molar-refractivity contribution is -0.270. The minimum absolute atomic E-state index is 0.186. The molecular weight excluding hydrogens is 276 g/mol. The molecule has 1 aromatic rings. The molecule has 0 spiro atoms. The van der Waals surface area contributed by atoms with Gasteiger partial charge in [0, 0.05) is 5.56 Å². The molecule has 0 saturated heterocycles. The Labute approximate surface area is 104 Å². The molecule has 1 aromatic carbocycles. The second-order valence-corrected chi connectivity index (χ2v) is 3.79. The molecular formula is C11H9F6NO. The van der Waals surface area contributed by atoms with Crippen molar-refractivity contribution in [1.82, 2.24) is 5.32 Å². The summed E-state index contributed by atoms with van der Waals surface area (Å²) in [5.74, 6) is -8.85. The highest BCUT2D eigenvalue weighted by Crippen LogP contribution is 2.36. The smallest absolute Gasteiger partial charge is 0.344 e. The van der Waals surface area contributed by atoms with E-state index in [1.54, 1.807) is 0 Å². The quantitative estimate of drug-likeness (QED) is 0.849. The van der Waals surface area contributed by atoms with Gasteiger partial charge in [-0.05, 0) is 13.0 Å². The lowest BCUT2D eigenvalue weighted by Gasteiger charge is -2.22. The monoisotopic (exact) mass is 285 g/mol. The largest absolute Gasteiger partial charge is 0.463 e. The van der Waals surface area contributed by atoms with Crippen LogP contribution in [0.15, 0.2) is 24.3 Å². The standard InChI is InChI=1S/C11H9F6NO/c1-6(7-4-2-3-5-8(7)12)18-9(19)10(13,14)11(15,16)17/h2-6H,1H3,(H,18,19). The molecule has 2 nitrogen and oxygen atoms in total. The van der Waals surface area contributed by atoms with Gasteiger partial charge >= 0.3 is 18.0 Å². The number of hydrogen-bond acceptors (Lipinski definition) is 1. The van der Waals surface area contributed by atoms with Crippen molar-refractivity contribution in [2.45, 2.75) is 25.1 Å². The summed E-state index contributed by atoms with van der Waals surface area (Å²) in [5, 5.41) is 1.43. The van der Waals surface area contributed by atoms with Crippen LogP contribution in [-0.4, -0.2) is 18.0 Å². The van der Waals surface area contributed by atoms with Crippen LogP contribution in [0.4, 0.5) is 26.3 Å². The summed E-state index contributed by atoms with van der Waals surface area (Å²) in [6.07, 6.45) is -5.99. The second-order valence-electron chi connectivity index (χ2n) is 3.79. The van der Waals surface area contributed by atoms with Gasteiger partial charge in [0.15, 0.2) is 0 Å². The van der Waals surface area contributed by atoms with Gasteiger partial charge in [-0.1, -0.05) is 18.2 Å². The molecule has 0 heterocycles. The first-order valence-corrected chi connectivity index (χ1v) is 5.07. The van der Waals surface area contributed by atoms with Gasteiger partial charge in [0.25, 0.3) is 0 Å². The highest BCUT2D eigenvalue weighted by atomic mass is 19.4. The first kappa shape index (κ1) is 15.3. The average molecular weight is 285 g/mol. The fraction of sp³-hybridized carbons (Fsp3) is 0.364. The van der Waals surface area contributed by atoms with Gasteiger partial charge < -0.3 is 5.32 Å². The Balaban J connectivity index is 2.87. The summed E-state index contributed by atoms with van der Waals surface area (Å²) in [5.41, 5.74) is -0.186. The van der Waals surface area contributed by atoms with Crippen LogP contribution in [0.3, 0.4) is 0 Å². The summed E-state index contributed by atoms with van der Waals surface area (Å²) < 4.78 is 74.4. The predicted octanol–water partition coefficient (Wildman–Crippen LogP) is 3.20. The van der Waals surface area contributed by atoms with Crippen molar-refractivity contribution in [1.29, 1.82) is 0 Å². The van der Waals surface area contributed by atoms with E-state index in [-0.39, 0.29) is 5.56 Å². The maximum atomic E-state index is 13.3. The number of alkyl halides is 5. The normalized spacial score (nSPS) is 14.1. The highest BCUT2D eigenvalue weighted by Gasteiger charge is 2.63. The zero-order valence-electron chi connectivity index (χ0n) is 9.56. The van der Waals surface area contributed by atoms with Gasteiger partial charge in [-0.15, -0.1) is 0 Å². The number of halogens is 6. The molecule has 0 aliphatic carbocycles. The van der Waals surface area contributed by atoms with Gasteiger partial charge in [-0.2, -0.15) is 22.0 Å². The number of rotatable bonds is 3. The van der Waals surface area contributed by atoms with E-state index in [1.807, 2.05) is 0 Å². The number of benzene rings is 1. The van der Waals surface area contributed by atoms with Crippen molar-refractivity contribution in [3.63, 3.8) is 0 Å². The van der Waals surface area contributed by atoms with E-state index in [2.05, 4.69) is 0 Å². The van der Waals surface area contributed by atoms with Crippen molar-refractivity contribution >= 4 is 5.91 Å². The molecule has 0 aromatic heterocycles. The Morgan fingerprint density at radius 2 is 1.68 bits per heavy atom. The summed E-state index contributed by atoms with van der Waals surface area (Å²) in [6, 6.07) is 3.54. The van der Waals surface area contributed by atoms with Crippen LogP contribution in [0.2, 0.25) is 0 Å². The Kier molecular flexibility index (Phi) is 4.12. The van der Waals surface area contributed by atoms with E-state index in [1.165, 1.54) is 23.5 Å². The van der Waals surface area contributed by atoms with Crippen molar-refractivity contribution in [2.75, 3.05) is 0 Å². The van der Waals surface area contributed by atoms with Crippen molar-refractivity contribution in [2.24, 2.45) is 0 Å². The second kappa shape index (κ2) is 5.10. The molecule has 0 aliphatic heterocycles. The van der Waals surface area contributed by atoms with E-state index >= 15 is 0 Å². The van der Waals surface area contributed by atoms with Crippen LogP contribution in [0.5, 0.6) is 0 Å². The highest BCUT2D eigenvalue weighted by molar-refractivity contribution is 5.84. The van der Waals surface area contributed by atoms with Crippen molar-refractivity contribution < 1.29 is 31.1 Å². The third-order valence-electron chi connectivity index (χ3n) is 2.36. The van der Waals surface area contributed by atoms with Gasteiger partial charge in [-0.25, -0.2) is 4.39 Å². The van der Waals surface area contributed by atoms with Gasteiger partial charge in [0.1, 0.15) is 5.82 Å². The molecule has 0 saturated carbocycles. The molecule has 0 radical (unpaired) electrons. The molecule has 1 N–H and O–H groups in total. The molecule has 1 rings (SSSR count).